The van der Waals surface area contributed by atoms with E-state index in [2.05, 4.69) is 10.6 Å². The zero-order valence-corrected chi connectivity index (χ0v) is 13.5. The number of thiocarbonyl (C=S) groups is 1. The Kier molecular flexibility index (Phi) is 6.05. The number of para-hydroxylation sites is 1. The predicted octanol–water partition coefficient (Wildman–Crippen LogP) is 3.49. The summed E-state index contributed by atoms with van der Waals surface area (Å²) in [7, 11) is 0. The molecule has 0 aliphatic carbocycles. The van der Waals surface area contributed by atoms with E-state index in [0.29, 0.717) is 29.5 Å². The van der Waals surface area contributed by atoms with E-state index in [4.69, 9.17) is 17.0 Å². The molecule has 0 aliphatic rings. The molecule has 0 radical (unpaired) electrons. The molecule has 0 atom stereocenters. The van der Waals surface area contributed by atoms with Crippen LogP contribution in [0.4, 0.5) is 10.1 Å². The second-order valence-corrected chi connectivity index (χ2v) is 5.11. The number of hydrogen-bond acceptors (Lipinski definition) is 3. The van der Waals surface area contributed by atoms with Gasteiger partial charge in [-0.2, -0.15) is 0 Å². The molecule has 2 N–H and O–H groups in total. The molecule has 0 heterocycles. The average molecular weight is 332 g/mol. The normalized spacial score (nSPS) is 10.0. The van der Waals surface area contributed by atoms with Crippen molar-refractivity contribution in [3.8, 4) is 0 Å². The molecule has 0 spiro atoms. The Balaban J connectivity index is 1.97. The summed E-state index contributed by atoms with van der Waals surface area (Å²) < 4.78 is 17.9. The van der Waals surface area contributed by atoms with Crippen LogP contribution < -0.4 is 10.6 Å². The van der Waals surface area contributed by atoms with Crippen molar-refractivity contribution in [1.82, 2.24) is 5.32 Å². The number of anilines is 1. The second-order valence-electron chi connectivity index (χ2n) is 4.70. The lowest BCUT2D eigenvalue weighted by molar-refractivity contribution is 0.0527. The van der Waals surface area contributed by atoms with Gasteiger partial charge in [-0.05, 0) is 49.0 Å². The first-order valence-corrected chi connectivity index (χ1v) is 7.56. The minimum atomic E-state index is -0.406. The molecule has 0 aromatic heterocycles. The van der Waals surface area contributed by atoms with Crippen molar-refractivity contribution in [2.45, 2.75) is 13.5 Å². The van der Waals surface area contributed by atoms with E-state index in [0.717, 1.165) is 5.56 Å². The lowest BCUT2D eigenvalue weighted by atomic mass is 10.2. The summed E-state index contributed by atoms with van der Waals surface area (Å²) in [5, 5.41) is 6.35. The van der Waals surface area contributed by atoms with Crippen LogP contribution in [0.2, 0.25) is 0 Å². The van der Waals surface area contributed by atoms with E-state index < -0.39 is 5.97 Å². The minimum absolute atomic E-state index is 0.280. The number of rotatable bonds is 5. The highest BCUT2D eigenvalue weighted by Crippen LogP contribution is 2.16. The second kappa shape index (κ2) is 8.24. The maximum absolute atomic E-state index is 12.9. The fourth-order valence-electron chi connectivity index (χ4n) is 1.93. The van der Waals surface area contributed by atoms with E-state index in [-0.39, 0.29) is 5.82 Å². The lowest BCUT2D eigenvalue weighted by Crippen LogP contribution is -2.28. The molecule has 2 aromatic rings. The van der Waals surface area contributed by atoms with Gasteiger partial charge in [-0.15, -0.1) is 0 Å². The summed E-state index contributed by atoms with van der Waals surface area (Å²) in [4.78, 5) is 11.9. The topological polar surface area (TPSA) is 50.4 Å². The Labute approximate surface area is 139 Å². The van der Waals surface area contributed by atoms with Crippen LogP contribution in [-0.2, 0) is 11.3 Å². The molecular weight excluding hydrogens is 315 g/mol. The largest absolute Gasteiger partial charge is 0.462 e. The summed E-state index contributed by atoms with van der Waals surface area (Å²) in [6, 6.07) is 13.1. The Hall–Kier alpha value is -2.47. The number of benzene rings is 2. The van der Waals surface area contributed by atoms with Crippen molar-refractivity contribution in [1.29, 1.82) is 0 Å². The minimum Gasteiger partial charge on any atom is -0.462 e. The summed E-state index contributed by atoms with van der Waals surface area (Å²) in [6.07, 6.45) is 0. The molecule has 0 unspecified atom stereocenters. The fourth-order valence-corrected chi connectivity index (χ4v) is 2.11. The number of hydrogen-bond donors (Lipinski definition) is 2. The molecule has 120 valence electrons. The van der Waals surface area contributed by atoms with Crippen molar-refractivity contribution < 1.29 is 13.9 Å². The molecule has 0 fully saturated rings. The molecule has 0 saturated heterocycles. The molecule has 2 rings (SSSR count). The third-order valence-corrected chi connectivity index (χ3v) is 3.28. The van der Waals surface area contributed by atoms with E-state index in [9.17, 15) is 9.18 Å². The zero-order valence-electron chi connectivity index (χ0n) is 12.6. The van der Waals surface area contributed by atoms with E-state index in [1.54, 1.807) is 43.3 Å². The van der Waals surface area contributed by atoms with Crippen LogP contribution in [0, 0.1) is 5.82 Å². The van der Waals surface area contributed by atoms with Gasteiger partial charge in [0.05, 0.1) is 17.9 Å². The number of esters is 1. The maximum atomic E-state index is 12.9. The molecule has 4 nitrogen and oxygen atoms in total. The third kappa shape index (κ3) is 5.03. The average Bonchev–Trinajstić information content (AvgIpc) is 2.55. The summed E-state index contributed by atoms with van der Waals surface area (Å²) in [5.41, 5.74) is 1.89. The number of ether oxygens (including phenoxy) is 1. The molecule has 0 bridgehead atoms. The third-order valence-electron chi connectivity index (χ3n) is 3.04. The summed E-state index contributed by atoms with van der Waals surface area (Å²) >= 11 is 5.22. The Bertz CT molecular complexity index is 689. The van der Waals surface area contributed by atoms with Crippen LogP contribution >= 0.6 is 12.2 Å². The van der Waals surface area contributed by atoms with Crippen LogP contribution in [0.3, 0.4) is 0 Å². The quantitative estimate of drug-likeness (QED) is 0.648. The number of carbonyl (C=O) groups excluding carboxylic acids is 1. The van der Waals surface area contributed by atoms with Gasteiger partial charge in [-0.25, -0.2) is 9.18 Å². The van der Waals surface area contributed by atoms with Crippen molar-refractivity contribution in [3.63, 3.8) is 0 Å². The Morgan fingerprint density at radius 2 is 1.87 bits per heavy atom. The fraction of sp³-hybridized carbons (Fsp3) is 0.176. The molecule has 0 amide bonds. The van der Waals surface area contributed by atoms with E-state index in [1.165, 1.54) is 12.1 Å². The molecule has 6 heteroatoms. The summed E-state index contributed by atoms with van der Waals surface area (Å²) in [6.45, 7) is 2.51. The first-order chi connectivity index (χ1) is 11.1. The van der Waals surface area contributed by atoms with Gasteiger partial charge < -0.3 is 15.4 Å². The van der Waals surface area contributed by atoms with Crippen LogP contribution in [-0.4, -0.2) is 17.7 Å². The Morgan fingerprint density at radius 1 is 1.17 bits per heavy atom. The standard InChI is InChI=1S/C17H17FN2O2S/c1-2-22-16(21)14-5-3-4-6-15(14)20-17(23)19-11-12-7-9-13(18)10-8-12/h3-10H,2,11H2,1H3,(H2,19,20,23). The van der Waals surface area contributed by atoms with Crippen LogP contribution in [0.15, 0.2) is 48.5 Å². The van der Waals surface area contributed by atoms with Crippen LogP contribution in [0.5, 0.6) is 0 Å². The highest BCUT2D eigenvalue weighted by molar-refractivity contribution is 7.80. The Morgan fingerprint density at radius 3 is 2.57 bits per heavy atom. The number of carbonyl (C=O) groups is 1. The van der Waals surface area contributed by atoms with E-state index in [1.807, 2.05) is 0 Å². The number of nitrogens with one attached hydrogen (secondary N) is 2. The maximum Gasteiger partial charge on any atom is 0.340 e. The van der Waals surface area contributed by atoms with Gasteiger partial charge >= 0.3 is 5.97 Å². The van der Waals surface area contributed by atoms with Crippen molar-refractivity contribution in [3.05, 3.63) is 65.5 Å². The zero-order chi connectivity index (χ0) is 16.7. The smallest absolute Gasteiger partial charge is 0.340 e. The van der Waals surface area contributed by atoms with Gasteiger partial charge in [-0.3, -0.25) is 0 Å². The highest BCUT2D eigenvalue weighted by Gasteiger charge is 2.12. The molecular formula is C17H17FN2O2S. The summed E-state index contributed by atoms with van der Waals surface area (Å²) in [5.74, 6) is -0.685. The first kappa shape index (κ1) is 16.9. The molecule has 23 heavy (non-hydrogen) atoms. The van der Waals surface area contributed by atoms with Crippen molar-refractivity contribution in [2.75, 3.05) is 11.9 Å². The van der Waals surface area contributed by atoms with Gasteiger partial charge in [-0.1, -0.05) is 24.3 Å². The molecule has 0 aliphatic heterocycles. The molecule has 0 saturated carbocycles. The van der Waals surface area contributed by atoms with Gasteiger partial charge in [0.15, 0.2) is 5.11 Å². The highest BCUT2D eigenvalue weighted by atomic mass is 32.1. The molecule has 2 aromatic carbocycles. The van der Waals surface area contributed by atoms with Crippen molar-refractivity contribution >= 4 is 29.0 Å². The van der Waals surface area contributed by atoms with Crippen LogP contribution in [0.1, 0.15) is 22.8 Å². The monoisotopic (exact) mass is 332 g/mol. The lowest BCUT2D eigenvalue weighted by Gasteiger charge is -2.13. The van der Waals surface area contributed by atoms with Gasteiger partial charge in [0, 0.05) is 6.54 Å². The van der Waals surface area contributed by atoms with Crippen molar-refractivity contribution in [2.24, 2.45) is 0 Å². The van der Waals surface area contributed by atoms with Crippen LogP contribution in [0.25, 0.3) is 0 Å². The van der Waals surface area contributed by atoms with Gasteiger partial charge in [0.1, 0.15) is 5.82 Å². The van der Waals surface area contributed by atoms with Gasteiger partial charge in [0.2, 0.25) is 0 Å². The first-order valence-electron chi connectivity index (χ1n) is 7.15. The SMILES string of the molecule is CCOC(=O)c1ccccc1NC(=S)NCc1ccc(F)cc1. The predicted molar refractivity (Wildman–Crippen MR) is 91.9 cm³/mol. The van der Waals surface area contributed by atoms with E-state index >= 15 is 0 Å². The van der Waals surface area contributed by atoms with Gasteiger partial charge in [0.25, 0.3) is 0 Å². The number of halogens is 1.